The third kappa shape index (κ3) is 6.48. The number of benzene rings is 1. The molecule has 242 valence electrons. The number of alkyl halides is 5. The minimum absolute atomic E-state index is 0.0126. The van der Waals surface area contributed by atoms with Gasteiger partial charge >= 0.3 is 6.18 Å². The average Bonchev–Trinajstić information content (AvgIpc) is 3.29. The molecule has 0 unspecified atom stereocenters. The van der Waals surface area contributed by atoms with Gasteiger partial charge in [-0.2, -0.15) is 13.2 Å². The molecule has 2 aromatic rings. The topological polar surface area (TPSA) is 89.1 Å². The quantitative estimate of drug-likeness (QED) is 0.370. The number of para-hydroxylation sites is 1. The highest BCUT2D eigenvalue weighted by molar-refractivity contribution is 6.34. The van der Waals surface area contributed by atoms with Crippen LogP contribution in [0.15, 0.2) is 43.0 Å². The Bertz CT molecular complexity index is 1520. The van der Waals surface area contributed by atoms with Crippen molar-refractivity contribution in [2.75, 3.05) is 54.5 Å². The number of carbonyl (C=O) groups excluding carboxylic acids is 3. The summed E-state index contributed by atoms with van der Waals surface area (Å²) < 4.78 is 70.9. The molecule has 2 saturated heterocycles. The van der Waals surface area contributed by atoms with Crippen molar-refractivity contribution in [2.24, 2.45) is 5.92 Å². The molecule has 0 spiro atoms. The molecular formula is C30H32ClF5N6O3. The van der Waals surface area contributed by atoms with E-state index in [1.807, 2.05) is 4.90 Å². The second-order valence-electron chi connectivity index (χ2n) is 11.6. The van der Waals surface area contributed by atoms with Crippen LogP contribution in [-0.4, -0.2) is 85.4 Å². The van der Waals surface area contributed by atoms with Crippen molar-refractivity contribution in [1.29, 1.82) is 0 Å². The monoisotopic (exact) mass is 654 g/mol. The largest absolute Gasteiger partial charge is 0.416 e. The highest BCUT2D eigenvalue weighted by Gasteiger charge is 2.50. The maximum Gasteiger partial charge on any atom is 0.416 e. The van der Waals surface area contributed by atoms with Gasteiger partial charge in [0, 0.05) is 51.3 Å². The lowest BCUT2D eigenvalue weighted by Gasteiger charge is -2.41. The number of aromatic nitrogens is 1. The zero-order valence-corrected chi connectivity index (χ0v) is 25.3. The molecule has 0 aliphatic carbocycles. The van der Waals surface area contributed by atoms with E-state index < -0.39 is 59.9 Å². The Kier molecular flexibility index (Phi) is 8.84. The Balaban J connectivity index is 1.45. The lowest BCUT2D eigenvalue weighted by Crippen LogP contribution is -2.59. The summed E-state index contributed by atoms with van der Waals surface area (Å²) in [6.45, 7) is 4.82. The summed E-state index contributed by atoms with van der Waals surface area (Å²) in [5.74, 6) is -5.89. The number of anilines is 3. The molecule has 3 aliphatic heterocycles. The SMILES string of the molecule is C=CC(=O)N[C@@H]1CCN(CCN2C[C@H]3CC(=O)N(c4cc(C(F)(F)F)cc(C)n4)[C@@H]3C(=O)N(C)c3cccc(Cl)c32)CC1(F)F. The number of hydrogen-bond donors (Lipinski definition) is 1. The molecule has 0 radical (unpaired) electrons. The lowest BCUT2D eigenvalue weighted by molar-refractivity contribution is -0.137. The third-order valence-corrected chi connectivity index (χ3v) is 8.80. The van der Waals surface area contributed by atoms with Gasteiger partial charge in [-0.25, -0.2) is 13.8 Å². The van der Waals surface area contributed by atoms with Crippen molar-refractivity contribution < 1.29 is 36.3 Å². The average molecular weight is 655 g/mol. The number of hydrogen-bond acceptors (Lipinski definition) is 6. The molecule has 2 fully saturated rings. The highest BCUT2D eigenvalue weighted by atomic mass is 35.5. The van der Waals surface area contributed by atoms with Gasteiger partial charge in [0.05, 0.1) is 34.5 Å². The van der Waals surface area contributed by atoms with Gasteiger partial charge in [0.25, 0.3) is 5.92 Å². The van der Waals surface area contributed by atoms with Gasteiger partial charge < -0.3 is 15.1 Å². The lowest BCUT2D eigenvalue weighted by atomic mass is 9.95. The second kappa shape index (κ2) is 12.2. The zero-order valence-electron chi connectivity index (χ0n) is 24.6. The van der Waals surface area contributed by atoms with Crippen LogP contribution >= 0.6 is 11.6 Å². The van der Waals surface area contributed by atoms with Gasteiger partial charge in [-0.3, -0.25) is 24.2 Å². The second-order valence-corrected chi connectivity index (χ2v) is 12.0. The van der Waals surface area contributed by atoms with Crippen molar-refractivity contribution >= 4 is 46.5 Å². The van der Waals surface area contributed by atoms with Crippen molar-refractivity contribution in [3.8, 4) is 0 Å². The van der Waals surface area contributed by atoms with Gasteiger partial charge in [0.15, 0.2) is 0 Å². The van der Waals surface area contributed by atoms with Crippen molar-refractivity contribution in [3.05, 3.63) is 59.3 Å². The first-order valence-corrected chi connectivity index (χ1v) is 14.7. The molecule has 15 heteroatoms. The normalized spacial score (nSPS) is 23.7. The van der Waals surface area contributed by atoms with Gasteiger partial charge in [0.2, 0.25) is 17.7 Å². The molecule has 3 atom stereocenters. The molecule has 3 amide bonds. The van der Waals surface area contributed by atoms with Crippen LogP contribution in [0, 0.1) is 12.8 Å². The summed E-state index contributed by atoms with van der Waals surface area (Å²) >= 11 is 6.64. The van der Waals surface area contributed by atoms with Crippen LogP contribution in [0.25, 0.3) is 0 Å². The van der Waals surface area contributed by atoms with Crippen LogP contribution in [-0.2, 0) is 20.6 Å². The Labute approximate surface area is 261 Å². The van der Waals surface area contributed by atoms with E-state index in [0.717, 1.165) is 23.1 Å². The molecule has 45 heavy (non-hydrogen) atoms. The minimum atomic E-state index is -4.69. The zero-order chi connectivity index (χ0) is 32.8. The van der Waals surface area contributed by atoms with Crippen LogP contribution in [0.3, 0.4) is 0 Å². The number of likely N-dealkylation sites (tertiary alicyclic amines) is 1. The van der Waals surface area contributed by atoms with E-state index in [0.29, 0.717) is 16.4 Å². The Morgan fingerprint density at radius 3 is 2.62 bits per heavy atom. The van der Waals surface area contributed by atoms with Crippen LogP contribution in [0.1, 0.15) is 24.1 Å². The molecule has 3 aliphatic rings. The number of piperidine rings is 1. The smallest absolute Gasteiger partial charge is 0.367 e. The number of rotatable bonds is 6. The fourth-order valence-electron chi connectivity index (χ4n) is 6.34. The summed E-state index contributed by atoms with van der Waals surface area (Å²) in [6.07, 6.45) is -3.89. The molecule has 4 heterocycles. The fourth-order valence-corrected chi connectivity index (χ4v) is 6.63. The van der Waals surface area contributed by atoms with Gasteiger partial charge in [-0.15, -0.1) is 0 Å². The first-order chi connectivity index (χ1) is 21.1. The summed E-state index contributed by atoms with van der Waals surface area (Å²) in [5.41, 5.74) is -0.0794. The first kappa shape index (κ1) is 32.6. The Morgan fingerprint density at radius 2 is 1.96 bits per heavy atom. The number of pyridine rings is 1. The van der Waals surface area contributed by atoms with E-state index in [2.05, 4.69) is 16.9 Å². The number of fused-ring (bicyclic) bond motifs is 2. The van der Waals surface area contributed by atoms with E-state index in [-0.39, 0.29) is 50.5 Å². The molecule has 9 nitrogen and oxygen atoms in total. The highest BCUT2D eigenvalue weighted by Crippen LogP contribution is 2.43. The van der Waals surface area contributed by atoms with Crippen molar-refractivity contribution in [3.63, 3.8) is 0 Å². The number of carbonyl (C=O) groups is 3. The van der Waals surface area contributed by atoms with Crippen LogP contribution < -0.4 is 20.0 Å². The minimum Gasteiger partial charge on any atom is -0.367 e. The van der Waals surface area contributed by atoms with Gasteiger partial charge in [0.1, 0.15) is 11.9 Å². The third-order valence-electron chi connectivity index (χ3n) is 8.49. The van der Waals surface area contributed by atoms with E-state index in [1.54, 1.807) is 23.1 Å². The Hall–Kier alpha value is -3.78. The van der Waals surface area contributed by atoms with Crippen molar-refractivity contribution in [2.45, 2.75) is 43.9 Å². The molecule has 1 aromatic heterocycles. The van der Waals surface area contributed by atoms with Crippen LogP contribution in [0.4, 0.5) is 39.1 Å². The predicted molar refractivity (Wildman–Crippen MR) is 159 cm³/mol. The molecule has 1 aromatic carbocycles. The maximum absolute atomic E-state index is 15.0. The number of nitrogens with zero attached hydrogens (tertiary/aromatic N) is 5. The van der Waals surface area contributed by atoms with E-state index in [1.165, 1.54) is 18.9 Å². The van der Waals surface area contributed by atoms with Crippen LogP contribution in [0.5, 0.6) is 0 Å². The number of amides is 3. The van der Waals surface area contributed by atoms with Crippen LogP contribution in [0.2, 0.25) is 5.02 Å². The van der Waals surface area contributed by atoms with Crippen molar-refractivity contribution in [1.82, 2.24) is 15.2 Å². The summed E-state index contributed by atoms with van der Waals surface area (Å²) in [6, 6.07) is 4.06. The molecule has 0 bridgehead atoms. The summed E-state index contributed by atoms with van der Waals surface area (Å²) in [5, 5.41) is 2.59. The van der Waals surface area contributed by atoms with E-state index in [9.17, 15) is 36.3 Å². The summed E-state index contributed by atoms with van der Waals surface area (Å²) in [7, 11) is 1.49. The molecular weight excluding hydrogens is 623 g/mol. The molecule has 0 saturated carbocycles. The number of nitrogens with one attached hydrogen (secondary N) is 1. The summed E-state index contributed by atoms with van der Waals surface area (Å²) in [4.78, 5) is 49.0. The molecule has 1 N–H and O–H groups in total. The predicted octanol–water partition coefficient (Wildman–Crippen LogP) is 4.28. The molecule has 5 rings (SSSR count). The van der Waals surface area contributed by atoms with Gasteiger partial charge in [-0.1, -0.05) is 24.2 Å². The first-order valence-electron chi connectivity index (χ1n) is 14.3. The number of likely N-dealkylation sites (N-methyl/N-ethyl adjacent to an activating group) is 1. The number of halogens is 6. The van der Waals surface area contributed by atoms with E-state index >= 15 is 0 Å². The van der Waals surface area contributed by atoms with E-state index in [4.69, 9.17) is 11.6 Å². The Morgan fingerprint density at radius 1 is 1.22 bits per heavy atom. The number of aryl methyl sites for hydroxylation is 1. The maximum atomic E-state index is 15.0. The fraction of sp³-hybridized carbons (Fsp3) is 0.467. The van der Waals surface area contributed by atoms with Gasteiger partial charge in [-0.05, 0) is 43.7 Å². The standard InChI is InChI=1S/C30H32ClF5N6O3/c1-4-24(43)38-22-8-9-40(16-29(22,32)33)10-11-41-15-18-13-25(44)42(23-14-19(30(34,35)36)12-17(2)37-23)26(18)28(45)39(3)21-7-5-6-20(31)27(21)41/h4-7,12,14,18,22,26H,1,8-11,13,15-16H2,2-3H3,(H,38,43)/t18-,22-,26+/m1/s1.